The topological polar surface area (TPSA) is 41.1 Å². The molecule has 0 aliphatic carbocycles. The number of hydrogen-bond donors (Lipinski definition) is 2. The fraction of sp³-hybridized carbons (Fsp3) is 0.889. The summed E-state index contributed by atoms with van der Waals surface area (Å²) in [5.41, 5.74) is 0.119. The first-order chi connectivity index (χ1) is 5.81. The number of amides is 1. The molecule has 1 unspecified atom stereocenters. The minimum atomic E-state index is 0. The second kappa shape index (κ2) is 5.79. The molecule has 0 radical (unpaired) electrons. The molecule has 14 heavy (non-hydrogen) atoms. The van der Waals surface area contributed by atoms with Crippen LogP contribution >= 0.6 is 24.8 Å². The Hall–Kier alpha value is 0.01000. The molecule has 3 nitrogen and oxygen atoms in total. The van der Waals surface area contributed by atoms with Gasteiger partial charge in [0.05, 0.1) is 5.54 Å². The van der Waals surface area contributed by atoms with Crippen molar-refractivity contribution >= 4 is 30.7 Å². The Labute approximate surface area is 97.2 Å². The van der Waals surface area contributed by atoms with E-state index in [2.05, 4.69) is 10.6 Å². The van der Waals surface area contributed by atoms with Gasteiger partial charge in [-0.25, -0.2) is 0 Å². The van der Waals surface area contributed by atoms with Gasteiger partial charge >= 0.3 is 0 Å². The van der Waals surface area contributed by atoms with E-state index in [9.17, 15) is 4.79 Å². The highest BCUT2D eigenvalue weighted by molar-refractivity contribution is 5.85. The van der Waals surface area contributed by atoms with Crippen LogP contribution in [0.4, 0.5) is 0 Å². The molecule has 1 spiro atoms. The molecule has 0 aromatic carbocycles. The first-order valence-corrected chi connectivity index (χ1v) is 4.83. The molecule has 2 N–H and O–H groups in total. The largest absolute Gasteiger partial charge is 0.349 e. The number of rotatable bonds is 0. The molecule has 2 aliphatic rings. The van der Waals surface area contributed by atoms with E-state index < -0.39 is 0 Å². The lowest BCUT2D eigenvalue weighted by atomic mass is 9.82. The maximum absolute atomic E-state index is 11.2. The third-order valence-corrected chi connectivity index (χ3v) is 2.94. The molecule has 5 heteroatoms. The predicted octanol–water partition coefficient (Wildman–Crippen LogP) is 1.25. The summed E-state index contributed by atoms with van der Waals surface area (Å²) < 4.78 is 0. The minimum Gasteiger partial charge on any atom is -0.349 e. The number of carbonyl (C=O) groups excluding carboxylic acids is 1. The summed E-state index contributed by atoms with van der Waals surface area (Å²) in [6.07, 6.45) is 5.30. The van der Waals surface area contributed by atoms with Crippen LogP contribution in [-0.4, -0.2) is 24.5 Å². The van der Waals surface area contributed by atoms with E-state index in [-0.39, 0.29) is 36.3 Å². The van der Waals surface area contributed by atoms with Crippen molar-refractivity contribution in [2.45, 2.75) is 37.6 Å². The molecular weight excluding hydrogens is 223 g/mol. The summed E-state index contributed by atoms with van der Waals surface area (Å²) in [7, 11) is 0. The molecule has 0 bridgehead atoms. The molecule has 2 rings (SSSR count). The lowest BCUT2D eigenvalue weighted by Crippen LogP contribution is -2.59. The summed E-state index contributed by atoms with van der Waals surface area (Å²) >= 11 is 0. The molecule has 2 aliphatic heterocycles. The van der Waals surface area contributed by atoms with Crippen LogP contribution in [0.15, 0.2) is 0 Å². The molecule has 0 aromatic heterocycles. The number of carbonyl (C=O) groups is 1. The summed E-state index contributed by atoms with van der Waals surface area (Å²) in [6.45, 7) is 2.08. The maximum Gasteiger partial charge on any atom is 0.220 e. The zero-order valence-electron chi connectivity index (χ0n) is 8.17. The number of halogens is 2. The molecule has 2 heterocycles. The molecule has 1 atom stereocenters. The van der Waals surface area contributed by atoms with Crippen LogP contribution in [0.5, 0.6) is 0 Å². The normalized spacial score (nSPS) is 31.3. The number of piperidine rings is 2. The lowest BCUT2D eigenvalue weighted by molar-refractivity contribution is -0.125. The van der Waals surface area contributed by atoms with Gasteiger partial charge in [-0.3, -0.25) is 4.79 Å². The van der Waals surface area contributed by atoms with Gasteiger partial charge in [0.1, 0.15) is 0 Å². The Morgan fingerprint density at radius 1 is 1.14 bits per heavy atom. The Morgan fingerprint density at radius 2 is 1.86 bits per heavy atom. The first kappa shape index (κ1) is 14.0. The van der Waals surface area contributed by atoms with Crippen LogP contribution in [-0.2, 0) is 4.79 Å². The fourth-order valence-electron chi connectivity index (χ4n) is 2.30. The minimum absolute atomic E-state index is 0. The monoisotopic (exact) mass is 240 g/mol. The van der Waals surface area contributed by atoms with Gasteiger partial charge in [0, 0.05) is 13.0 Å². The number of hydrogen-bond acceptors (Lipinski definition) is 2. The fourth-order valence-corrected chi connectivity index (χ4v) is 2.30. The van der Waals surface area contributed by atoms with Gasteiger partial charge in [0.15, 0.2) is 0 Å². The van der Waals surface area contributed by atoms with E-state index in [4.69, 9.17) is 0 Å². The quantitative estimate of drug-likeness (QED) is 0.670. The zero-order valence-corrected chi connectivity index (χ0v) is 9.81. The van der Waals surface area contributed by atoms with Gasteiger partial charge in [-0.05, 0) is 32.2 Å². The van der Waals surface area contributed by atoms with E-state index in [0.29, 0.717) is 0 Å². The summed E-state index contributed by atoms with van der Waals surface area (Å²) in [5, 5.41) is 6.48. The van der Waals surface area contributed by atoms with E-state index in [1.165, 1.54) is 6.42 Å². The molecular formula is C9H18Cl2N2O. The predicted molar refractivity (Wildman–Crippen MR) is 61.3 cm³/mol. The van der Waals surface area contributed by atoms with E-state index in [0.717, 1.165) is 38.8 Å². The highest BCUT2D eigenvalue weighted by Gasteiger charge is 2.35. The zero-order chi connectivity index (χ0) is 8.44. The van der Waals surface area contributed by atoms with Crippen molar-refractivity contribution in [3.63, 3.8) is 0 Å². The van der Waals surface area contributed by atoms with E-state index in [1.807, 2.05) is 0 Å². The molecule has 0 saturated carbocycles. The second-order valence-electron chi connectivity index (χ2n) is 3.96. The van der Waals surface area contributed by atoms with Crippen LogP contribution in [0.1, 0.15) is 32.1 Å². The molecule has 2 fully saturated rings. The van der Waals surface area contributed by atoms with Gasteiger partial charge in [-0.2, -0.15) is 0 Å². The Kier molecular flexibility index (Phi) is 5.79. The van der Waals surface area contributed by atoms with Gasteiger partial charge in [-0.1, -0.05) is 0 Å². The van der Waals surface area contributed by atoms with Crippen molar-refractivity contribution in [2.75, 3.05) is 13.1 Å². The van der Waals surface area contributed by atoms with Crippen molar-refractivity contribution in [2.24, 2.45) is 0 Å². The van der Waals surface area contributed by atoms with Crippen molar-refractivity contribution in [3.05, 3.63) is 0 Å². The Bertz CT molecular complexity index is 188. The average molecular weight is 241 g/mol. The third kappa shape index (κ3) is 3.01. The Morgan fingerprint density at radius 3 is 2.43 bits per heavy atom. The van der Waals surface area contributed by atoms with Crippen LogP contribution in [0.25, 0.3) is 0 Å². The number of nitrogens with one attached hydrogen (secondary N) is 2. The van der Waals surface area contributed by atoms with E-state index in [1.54, 1.807) is 0 Å². The highest BCUT2D eigenvalue weighted by atomic mass is 35.5. The van der Waals surface area contributed by atoms with Crippen molar-refractivity contribution in [3.8, 4) is 0 Å². The van der Waals surface area contributed by atoms with E-state index >= 15 is 0 Å². The third-order valence-electron chi connectivity index (χ3n) is 2.94. The van der Waals surface area contributed by atoms with Crippen LogP contribution in [0.2, 0.25) is 0 Å². The standard InChI is InChI=1S/C9H16N2O.2ClH/c12-8-3-1-4-9(11-8)5-2-6-10-7-9;;/h10H,1-7H2,(H,11,12);2*1H. The van der Waals surface area contributed by atoms with Crippen LogP contribution in [0.3, 0.4) is 0 Å². The van der Waals surface area contributed by atoms with Crippen LogP contribution in [0, 0.1) is 0 Å². The van der Waals surface area contributed by atoms with Gasteiger partial charge < -0.3 is 10.6 Å². The molecule has 2 saturated heterocycles. The van der Waals surface area contributed by atoms with Crippen molar-refractivity contribution in [1.82, 2.24) is 10.6 Å². The Balaban J connectivity index is 0.000000845. The summed E-state index contributed by atoms with van der Waals surface area (Å²) in [5.74, 6) is 0.241. The van der Waals surface area contributed by atoms with Crippen molar-refractivity contribution in [1.29, 1.82) is 0 Å². The molecule has 84 valence electrons. The maximum atomic E-state index is 11.2. The van der Waals surface area contributed by atoms with Gasteiger partial charge in [0.2, 0.25) is 5.91 Å². The average Bonchev–Trinajstić information content (AvgIpc) is 2.05. The molecule has 1 amide bonds. The van der Waals surface area contributed by atoms with Crippen LogP contribution < -0.4 is 10.6 Å². The second-order valence-corrected chi connectivity index (χ2v) is 3.96. The van der Waals surface area contributed by atoms with Crippen molar-refractivity contribution < 1.29 is 4.79 Å². The van der Waals surface area contributed by atoms with Gasteiger partial charge in [0.25, 0.3) is 0 Å². The summed E-state index contributed by atoms with van der Waals surface area (Å²) in [4.78, 5) is 11.2. The molecule has 0 aromatic rings. The smallest absolute Gasteiger partial charge is 0.220 e. The first-order valence-electron chi connectivity index (χ1n) is 4.83. The highest BCUT2D eigenvalue weighted by Crippen LogP contribution is 2.26. The SMILES string of the molecule is Cl.Cl.O=C1CCCC2(CCCNC2)N1. The summed E-state index contributed by atoms with van der Waals surface area (Å²) in [6, 6.07) is 0. The lowest BCUT2D eigenvalue weighted by Gasteiger charge is -2.41. The van der Waals surface area contributed by atoms with Gasteiger partial charge in [-0.15, -0.1) is 24.8 Å².